The summed E-state index contributed by atoms with van der Waals surface area (Å²) in [6, 6.07) is 0.0414. The SMILES string of the molecule is NCC[C@H]1CC[C@@H](NC(=O)NC2CCCCC2)[C@@H](CO)O1. The molecule has 2 fully saturated rings. The Bertz CT molecular complexity index is 321. The molecule has 1 aliphatic carbocycles. The minimum atomic E-state index is -0.326. The number of amides is 2. The normalized spacial score (nSPS) is 30.9. The van der Waals surface area contributed by atoms with Gasteiger partial charge in [0.1, 0.15) is 6.10 Å². The molecule has 0 aromatic rings. The Balaban J connectivity index is 1.76. The first-order chi connectivity index (χ1) is 10.2. The van der Waals surface area contributed by atoms with Crippen molar-refractivity contribution in [3.8, 4) is 0 Å². The third-order valence-electron chi connectivity index (χ3n) is 4.54. The summed E-state index contributed by atoms with van der Waals surface area (Å²) in [6.45, 7) is 0.512. The van der Waals surface area contributed by atoms with Gasteiger partial charge in [-0.3, -0.25) is 0 Å². The fourth-order valence-electron chi connectivity index (χ4n) is 3.34. The first-order valence-corrected chi connectivity index (χ1v) is 8.26. The predicted octanol–water partition coefficient (Wildman–Crippen LogP) is 0.876. The van der Waals surface area contributed by atoms with E-state index >= 15 is 0 Å². The van der Waals surface area contributed by atoms with Crippen LogP contribution in [0.5, 0.6) is 0 Å². The highest BCUT2D eigenvalue weighted by molar-refractivity contribution is 5.74. The van der Waals surface area contributed by atoms with E-state index in [1.807, 2.05) is 0 Å². The zero-order valence-corrected chi connectivity index (χ0v) is 12.7. The zero-order valence-electron chi connectivity index (χ0n) is 12.7. The molecule has 6 nitrogen and oxygen atoms in total. The molecule has 2 amide bonds. The van der Waals surface area contributed by atoms with Crippen LogP contribution in [0.1, 0.15) is 51.4 Å². The Hall–Kier alpha value is -0.850. The number of rotatable bonds is 5. The second-order valence-electron chi connectivity index (χ2n) is 6.19. The van der Waals surface area contributed by atoms with E-state index in [0.29, 0.717) is 12.6 Å². The average Bonchev–Trinajstić information content (AvgIpc) is 2.50. The topological polar surface area (TPSA) is 96.6 Å². The lowest BCUT2D eigenvalue weighted by Gasteiger charge is -2.36. The summed E-state index contributed by atoms with van der Waals surface area (Å²) < 4.78 is 5.81. The van der Waals surface area contributed by atoms with Crippen LogP contribution in [-0.2, 0) is 4.74 Å². The van der Waals surface area contributed by atoms with Gasteiger partial charge in [-0.15, -0.1) is 0 Å². The fourth-order valence-corrected chi connectivity index (χ4v) is 3.34. The Labute approximate surface area is 126 Å². The van der Waals surface area contributed by atoms with Gasteiger partial charge in [-0.1, -0.05) is 19.3 Å². The van der Waals surface area contributed by atoms with Crippen molar-refractivity contribution in [3.63, 3.8) is 0 Å². The summed E-state index contributed by atoms with van der Waals surface area (Å²) in [5.41, 5.74) is 5.54. The molecule has 3 atom stereocenters. The van der Waals surface area contributed by atoms with Gasteiger partial charge in [0.25, 0.3) is 0 Å². The standard InChI is InChI=1S/C15H29N3O3/c16-9-8-12-6-7-13(14(10-19)21-12)18-15(20)17-11-4-2-1-3-5-11/h11-14,19H,1-10,16H2,(H2,17,18,20)/t12-,13-,14-/m1/s1. The number of aliphatic hydroxyl groups is 1. The third kappa shape index (κ3) is 5.13. The number of aliphatic hydroxyl groups excluding tert-OH is 1. The Kier molecular flexibility index (Phi) is 6.73. The van der Waals surface area contributed by atoms with Crippen molar-refractivity contribution in [2.24, 2.45) is 5.73 Å². The summed E-state index contributed by atoms with van der Waals surface area (Å²) >= 11 is 0. The maximum Gasteiger partial charge on any atom is 0.315 e. The summed E-state index contributed by atoms with van der Waals surface area (Å²) in [4.78, 5) is 12.1. The lowest BCUT2D eigenvalue weighted by atomic mass is 9.95. The second kappa shape index (κ2) is 8.56. The lowest BCUT2D eigenvalue weighted by molar-refractivity contribution is -0.0884. The maximum atomic E-state index is 12.1. The maximum absolute atomic E-state index is 12.1. The molecule has 1 saturated heterocycles. The first-order valence-electron chi connectivity index (χ1n) is 8.26. The molecule has 1 heterocycles. The average molecular weight is 299 g/mol. The van der Waals surface area contributed by atoms with Crippen molar-refractivity contribution in [1.82, 2.24) is 10.6 Å². The monoisotopic (exact) mass is 299 g/mol. The number of urea groups is 1. The van der Waals surface area contributed by atoms with Gasteiger partial charge in [0.15, 0.2) is 0 Å². The molecule has 0 radical (unpaired) electrons. The fraction of sp³-hybridized carbons (Fsp3) is 0.933. The number of ether oxygens (including phenoxy) is 1. The number of hydrogen-bond donors (Lipinski definition) is 4. The van der Waals surface area contributed by atoms with E-state index in [1.54, 1.807) is 0 Å². The van der Waals surface area contributed by atoms with E-state index in [4.69, 9.17) is 10.5 Å². The van der Waals surface area contributed by atoms with Crippen LogP contribution >= 0.6 is 0 Å². The molecule has 0 unspecified atom stereocenters. The van der Waals surface area contributed by atoms with E-state index in [0.717, 1.165) is 32.1 Å². The number of nitrogens with two attached hydrogens (primary N) is 1. The molecule has 1 aliphatic heterocycles. The molecule has 1 saturated carbocycles. The number of hydrogen-bond acceptors (Lipinski definition) is 4. The minimum absolute atomic E-state index is 0.0740. The molecule has 21 heavy (non-hydrogen) atoms. The highest BCUT2D eigenvalue weighted by Crippen LogP contribution is 2.22. The van der Waals surface area contributed by atoms with Crippen LogP contribution in [0, 0.1) is 0 Å². The summed E-state index contributed by atoms with van der Waals surface area (Å²) in [5.74, 6) is 0. The Morgan fingerprint density at radius 3 is 2.57 bits per heavy atom. The van der Waals surface area contributed by atoms with Gasteiger partial charge in [-0.25, -0.2) is 4.79 Å². The van der Waals surface area contributed by atoms with E-state index in [2.05, 4.69) is 10.6 Å². The van der Waals surface area contributed by atoms with E-state index in [1.165, 1.54) is 19.3 Å². The quantitative estimate of drug-likeness (QED) is 0.606. The molecule has 6 heteroatoms. The van der Waals surface area contributed by atoms with Gasteiger partial charge in [0.2, 0.25) is 0 Å². The van der Waals surface area contributed by atoms with Crippen molar-refractivity contribution in [2.45, 2.75) is 75.7 Å². The molecule has 0 bridgehead atoms. The smallest absolute Gasteiger partial charge is 0.315 e. The largest absolute Gasteiger partial charge is 0.394 e. The molecule has 0 aromatic heterocycles. The zero-order chi connectivity index (χ0) is 15.1. The van der Waals surface area contributed by atoms with E-state index in [-0.39, 0.29) is 30.9 Å². The van der Waals surface area contributed by atoms with Crippen molar-refractivity contribution < 1.29 is 14.6 Å². The second-order valence-corrected chi connectivity index (χ2v) is 6.19. The van der Waals surface area contributed by atoms with E-state index < -0.39 is 0 Å². The van der Waals surface area contributed by atoms with Crippen molar-refractivity contribution in [2.75, 3.05) is 13.2 Å². The van der Waals surface area contributed by atoms with Gasteiger partial charge in [-0.2, -0.15) is 0 Å². The van der Waals surface area contributed by atoms with Gasteiger partial charge < -0.3 is 26.2 Å². The minimum Gasteiger partial charge on any atom is -0.394 e. The molecular formula is C15H29N3O3. The molecule has 2 aliphatic rings. The van der Waals surface area contributed by atoms with Crippen LogP contribution in [0.25, 0.3) is 0 Å². The van der Waals surface area contributed by atoms with Crippen molar-refractivity contribution >= 4 is 6.03 Å². The van der Waals surface area contributed by atoms with Crippen LogP contribution in [0.4, 0.5) is 4.79 Å². The molecule has 5 N–H and O–H groups in total. The number of nitrogens with one attached hydrogen (secondary N) is 2. The van der Waals surface area contributed by atoms with Crippen LogP contribution in [0.2, 0.25) is 0 Å². The van der Waals surface area contributed by atoms with Gasteiger partial charge in [0.05, 0.1) is 18.8 Å². The number of carbonyl (C=O) groups excluding carboxylic acids is 1. The van der Waals surface area contributed by atoms with E-state index in [9.17, 15) is 9.90 Å². The van der Waals surface area contributed by atoms with Crippen LogP contribution in [-0.4, -0.2) is 48.6 Å². The summed E-state index contributed by atoms with van der Waals surface area (Å²) in [7, 11) is 0. The first kappa shape index (κ1) is 16.5. The molecular weight excluding hydrogens is 270 g/mol. The van der Waals surface area contributed by atoms with Crippen molar-refractivity contribution in [1.29, 1.82) is 0 Å². The molecule has 2 rings (SSSR count). The van der Waals surface area contributed by atoms with Crippen LogP contribution < -0.4 is 16.4 Å². The highest BCUT2D eigenvalue weighted by Gasteiger charge is 2.31. The third-order valence-corrected chi connectivity index (χ3v) is 4.54. The lowest BCUT2D eigenvalue weighted by Crippen LogP contribution is -2.54. The van der Waals surface area contributed by atoms with Gasteiger partial charge in [-0.05, 0) is 38.6 Å². The van der Waals surface area contributed by atoms with Crippen LogP contribution in [0.3, 0.4) is 0 Å². The number of carbonyl (C=O) groups is 1. The molecule has 0 spiro atoms. The molecule has 0 aromatic carbocycles. The Morgan fingerprint density at radius 1 is 1.14 bits per heavy atom. The van der Waals surface area contributed by atoms with Crippen LogP contribution in [0.15, 0.2) is 0 Å². The molecule has 122 valence electrons. The highest BCUT2D eigenvalue weighted by atomic mass is 16.5. The van der Waals surface area contributed by atoms with Crippen molar-refractivity contribution in [3.05, 3.63) is 0 Å². The summed E-state index contributed by atoms with van der Waals surface area (Å²) in [5, 5.41) is 15.5. The Morgan fingerprint density at radius 2 is 1.90 bits per heavy atom. The predicted molar refractivity (Wildman–Crippen MR) is 81.0 cm³/mol. The van der Waals surface area contributed by atoms with Gasteiger partial charge >= 0.3 is 6.03 Å². The summed E-state index contributed by atoms with van der Waals surface area (Å²) in [6.07, 6.45) is 8.07. The van der Waals surface area contributed by atoms with Gasteiger partial charge in [0, 0.05) is 6.04 Å².